The fraction of sp³-hybridized carbons (Fsp3) is 0.353. The van der Waals surface area contributed by atoms with Crippen LogP contribution in [0.25, 0.3) is 0 Å². The lowest BCUT2D eigenvalue weighted by Crippen LogP contribution is -2.34. The highest BCUT2D eigenvalue weighted by molar-refractivity contribution is 5.94. The third kappa shape index (κ3) is 4.50. The molecule has 0 aromatic carbocycles. The Morgan fingerprint density at radius 3 is 2.78 bits per heavy atom. The molecule has 0 fully saturated rings. The Bertz CT molecular complexity index is 698. The quantitative estimate of drug-likeness (QED) is 0.777. The second-order valence-corrected chi connectivity index (χ2v) is 5.08. The fourth-order valence-corrected chi connectivity index (χ4v) is 2.23. The predicted molar refractivity (Wildman–Crippen MR) is 87.2 cm³/mol. The molecule has 1 amide bonds. The average Bonchev–Trinajstić information content (AvgIpc) is 2.58. The van der Waals surface area contributed by atoms with E-state index in [1.807, 2.05) is 25.1 Å². The minimum Gasteiger partial charge on any atom is -0.383 e. The van der Waals surface area contributed by atoms with E-state index >= 15 is 0 Å². The van der Waals surface area contributed by atoms with Gasteiger partial charge < -0.3 is 14.2 Å². The lowest BCUT2D eigenvalue weighted by Gasteiger charge is -2.22. The summed E-state index contributed by atoms with van der Waals surface area (Å²) in [6.07, 6.45) is 3.33. The van der Waals surface area contributed by atoms with Crippen LogP contribution in [0.4, 0.5) is 0 Å². The number of ether oxygens (including phenoxy) is 1. The van der Waals surface area contributed by atoms with Gasteiger partial charge in [-0.15, -0.1) is 0 Å². The first kappa shape index (κ1) is 16.9. The van der Waals surface area contributed by atoms with Crippen molar-refractivity contribution >= 4 is 5.91 Å². The van der Waals surface area contributed by atoms with E-state index in [1.165, 1.54) is 6.07 Å². The van der Waals surface area contributed by atoms with Crippen LogP contribution in [0, 0.1) is 0 Å². The first-order chi connectivity index (χ1) is 11.2. The summed E-state index contributed by atoms with van der Waals surface area (Å²) in [5.41, 5.74) is 0.994. The molecule has 0 saturated carbocycles. The van der Waals surface area contributed by atoms with Crippen LogP contribution in [0.3, 0.4) is 0 Å². The summed E-state index contributed by atoms with van der Waals surface area (Å²) in [6.45, 7) is 3.69. The van der Waals surface area contributed by atoms with Crippen LogP contribution in [0.1, 0.15) is 23.0 Å². The van der Waals surface area contributed by atoms with Gasteiger partial charge in [0.2, 0.25) is 0 Å². The molecule has 0 spiro atoms. The largest absolute Gasteiger partial charge is 0.383 e. The zero-order chi connectivity index (χ0) is 16.7. The summed E-state index contributed by atoms with van der Waals surface area (Å²) >= 11 is 0. The Kier molecular flexibility index (Phi) is 6.05. The van der Waals surface area contributed by atoms with Crippen molar-refractivity contribution in [2.24, 2.45) is 0 Å². The molecule has 2 heterocycles. The number of hydrogen-bond donors (Lipinski definition) is 0. The summed E-state index contributed by atoms with van der Waals surface area (Å²) in [7, 11) is 1.59. The first-order valence-electron chi connectivity index (χ1n) is 7.54. The van der Waals surface area contributed by atoms with Gasteiger partial charge in [0.15, 0.2) is 0 Å². The molecule has 2 aromatic rings. The molecular formula is C17H21N3O3. The molecule has 2 aromatic heterocycles. The molecule has 0 aliphatic rings. The maximum atomic E-state index is 12.7. The van der Waals surface area contributed by atoms with E-state index in [-0.39, 0.29) is 11.5 Å². The van der Waals surface area contributed by atoms with Crippen molar-refractivity contribution in [1.82, 2.24) is 14.5 Å². The van der Waals surface area contributed by atoms with Crippen molar-refractivity contribution < 1.29 is 9.53 Å². The third-order valence-electron chi connectivity index (χ3n) is 3.52. The maximum absolute atomic E-state index is 12.7. The first-order valence-corrected chi connectivity index (χ1v) is 7.54. The number of rotatable bonds is 7. The molecule has 0 aliphatic heterocycles. The van der Waals surface area contributed by atoms with Crippen LogP contribution >= 0.6 is 0 Å². The normalized spacial score (nSPS) is 10.5. The number of aryl methyl sites for hydroxylation is 1. The average molecular weight is 315 g/mol. The van der Waals surface area contributed by atoms with Gasteiger partial charge in [0, 0.05) is 44.2 Å². The molecule has 0 saturated heterocycles. The monoisotopic (exact) mass is 315 g/mol. The highest BCUT2D eigenvalue weighted by Crippen LogP contribution is 2.07. The summed E-state index contributed by atoms with van der Waals surface area (Å²) in [6, 6.07) is 8.62. The minimum absolute atomic E-state index is 0.178. The van der Waals surface area contributed by atoms with Crippen LogP contribution in [-0.2, 0) is 17.8 Å². The fourth-order valence-electron chi connectivity index (χ4n) is 2.23. The molecule has 2 rings (SSSR count). The van der Waals surface area contributed by atoms with E-state index < -0.39 is 0 Å². The van der Waals surface area contributed by atoms with Gasteiger partial charge in [-0.2, -0.15) is 0 Å². The molecule has 0 atom stereocenters. The smallest absolute Gasteiger partial charge is 0.254 e. The molecule has 0 N–H and O–H groups in total. The van der Waals surface area contributed by atoms with Crippen LogP contribution < -0.4 is 5.56 Å². The molecule has 0 unspecified atom stereocenters. The van der Waals surface area contributed by atoms with Crippen molar-refractivity contribution in [3.63, 3.8) is 0 Å². The van der Waals surface area contributed by atoms with Crippen LogP contribution in [-0.4, -0.2) is 40.6 Å². The minimum atomic E-state index is -0.201. The Balaban J connectivity index is 2.22. The standard InChI is InChI=1S/C17H21N3O3/c1-3-19-9-7-14(12-16(19)21)17(22)20(10-11-23-2)13-15-6-4-5-8-18-15/h4-9,12H,3,10-11,13H2,1-2H3. The zero-order valence-electron chi connectivity index (χ0n) is 13.4. The summed E-state index contributed by atoms with van der Waals surface area (Å²) in [5.74, 6) is -0.201. The number of hydrogen-bond acceptors (Lipinski definition) is 4. The van der Waals surface area contributed by atoms with Gasteiger partial charge in [-0.25, -0.2) is 0 Å². The molecular weight excluding hydrogens is 294 g/mol. The number of methoxy groups -OCH3 is 1. The van der Waals surface area contributed by atoms with Gasteiger partial charge in [-0.1, -0.05) is 6.07 Å². The Morgan fingerprint density at radius 1 is 1.35 bits per heavy atom. The van der Waals surface area contributed by atoms with Gasteiger partial charge >= 0.3 is 0 Å². The van der Waals surface area contributed by atoms with Crippen molar-refractivity contribution in [3.05, 3.63) is 64.3 Å². The van der Waals surface area contributed by atoms with E-state index in [0.717, 1.165) is 5.69 Å². The zero-order valence-corrected chi connectivity index (χ0v) is 13.4. The molecule has 6 nitrogen and oxygen atoms in total. The number of carbonyl (C=O) groups is 1. The lowest BCUT2D eigenvalue weighted by molar-refractivity contribution is 0.0677. The van der Waals surface area contributed by atoms with Gasteiger partial charge in [0.05, 0.1) is 18.8 Å². The number of nitrogens with zero attached hydrogens (tertiary/aromatic N) is 3. The van der Waals surface area contributed by atoms with Crippen molar-refractivity contribution in [1.29, 1.82) is 0 Å². The van der Waals surface area contributed by atoms with Crippen LogP contribution in [0.5, 0.6) is 0 Å². The Hall–Kier alpha value is -2.47. The van der Waals surface area contributed by atoms with E-state index in [2.05, 4.69) is 4.98 Å². The molecule has 0 aliphatic carbocycles. The van der Waals surface area contributed by atoms with Crippen molar-refractivity contribution in [3.8, 4) is 0 Å². The molecule has 23 heavy (non-hydrogen) atoms. The second kappa shape index (κ2) is 8.24. The predicted octanol–water partition coefficient (Wildman–Crippen LogP) is 1.55. The summed E-state index contributed by atoms with van der Waals surface area (Å²) < 4.78 is 6.63. The third-order valence-corrected chi connectivity index (χ3v) is 3.52. The van der Waals surface area contributed by atoms with Crippen LogP contribution in [0.2, 0.25) is 0 Å². The van der Waals surface area contributed by atoms with E-state index in [4.69, 9.17) is 4.74 Å². The van der Waals surface area contributed by atoms with Crippen LogP contribution in [0.15, 0.2) is 47.5 Å². The van der Waals surface area contributed by atoms with E-state index in [1.54, 1.807) is 35.0 Å². The molecule has 0 radical (unpaired) electrons. The summed E-state index contributed by atoms with van der Waals surface area (Å²) in [5, 5.41) is 0. The van der Waals surface area contributed by atoms with E-state index in [0.29, 0.717) is 31.8 Å². The number of carbonyl (C=O) groups excluding carboxylic acids is 1. The van der Waals surface area contributed by atoms with Crippen molar-refractivity contribution in [2.45, 2.75) is 20.0 Å². The number of amides is 1. The van der Waals surface area contributed by atoms with E-state index in [9.17, 15) is 9.59 Å². The number of pyridine rings is 2. The Labute approximate surface area is 135 Å². The van der Waals surface area contributed by atoms with Gasteiger partial charge in [-0.05, 0) is 25.1 Å². The SMILES string of the molecule is CCn1ccc(C(=O)N(CCOC)Cc2ccccn2)cc1=O. The van der Waals surface area contributed by atoms with Gasteiger partial charge in [-0.3, -0.25) is 14.6 Å². The highest BCUT2D eigenvalue weighted by Gasteiger charge is 2.17. The lowest BCUT2D eigenvalue weighted by atomic mass is 10.2. The highest BCUT2D eigenvalue weighted by atomic mass is 16.5. The van der Waals surface area contributed by atoms with Gasteiger partial charge in [0.25, 0.3) is 11.5 Å². The second-order valence-electron chi connectivity index (χ2n) is 5.08. The number of aromatic nitrogens is 2. The topological polar surface area (TPSA) is 64.4 Å². The summed E-state index contributed by atoms with van der Waals surface area (Å²) in [4.78, 5) is 30.5. The molecule has 6 heteroatoms. The molecule has 122 valence electrons. The Morgan fingerprint density at radius 2 is 2.17 bits per heavy atom. The van der Waals surface area contributed by atoms with Crippen molar-refractivity contribution in [2.75, 3.05) is 20.3 Å². The van der Waals surface area contributed by atoms with Gasteiger partial charge in [0.1, 0.15) is 0 Å². The molecule has 0 bridgehead atoms. The maximum Gasteiger partial charge on any atom is 0.254 e.